The molecule has 7 heteroatoms. The number of benzene rings is 1. The van der Waals surface area contributed by atoms with Crippen molar-refractivity contribution >= 4 is 5.91 Å². The van der Waals surface area contributed by atoms with E-state index in [0.29, 0.717) is 18.9 Å². The summed E-state index contributed by atoms with van der Waals surface area (Å²) in [5, 5.41) is 11.4. The minimum Gasteiger partial charge on any atom is -0.381 e. The summed E-state index contributed by atoms with van der Waals surface area (Å²) in [7, 11) is 0. The number of nitrogens with zero attached hydrogens (tertiary/aromatic N) is 5. The van der Waals surface area contributed by atoms with Crippen LogP contribution in [0.2, 0.25) is 0 Å². The molecule has 1 aromatic carbocycles. The van der Waals surface area contributed by atoms with Crippen molar-refractivity contribution in [3.63, 3.8) is 0 Å². The second-order valence-corrected chi connectivity index (χ2v) is 6.10. The van der Waals surface area contributed by atoms with Crippen molar-refractivity contribution in [2.24, 2.45) is 5.92 Å². The summed E-state index contributed by atoms with van der Waals surface area (Å²) in [4.78, 5) is 15.0. The van der Waals surface area contributed by atoms with Gasteiger partial charge in [0.2, 0.25) is 5.91 Å². The molecule has 0 radical (unpaired) electrons. The maximum absolute atomic E-state index is 13.1. The molecule has 1 fully saturated rings. The van der Waals surface area contributed by atoms with E-state index < -0.39 is 6.04 Å². The SMILES string of the molecule is CCN(C[C@H]1CCOC1)C(=O)[C@@H](Cc1ccccc1)n1cnnn1. The normalized spacial score (nSPS) is 18.5. The molecule has 1 aliphatic rings. The zero-order valence-electron chi connectivity index (χ0n) is 13.9. The highest BCUT2D eigenvalue weighted by Crippen LogP contribution is 2.19. The summed E-state index contributed by atoms with van der Waals surface area (Å²) in [5.41, 5.74) is 1.09. The monoisotopic (exact) mass is 329 g/mol. The Hall–Kier alpha value is -2.28. The second-order valence-electron chi connectivity index (χ2n) is 6.10. The lowest BCUT2D eigenvalue weighted by Crippen LogP contribution is -2.41. The molecule has 2 aromatic rings. The molecule has 0 bridgehead atoms. The van der Waals surface area contributed by atoms with Crippen molar-refractivity contribution in [1.29, 1.82) is 0 Å². The first-order chi connectivity index (χ1) is 11.8. The second kappa shape index (κ2) is 8.01. The quantitative estimate of drug-likeness (QED) is 0.766. The fourth-order valence-corrected chi connectivity index (χ4v) is 3.07. The van der Waals surface area contributed by atoms with Crippen LogP contribution >= 0.6 is 0 Å². The molecule has 0 aliphatic carbocycles. The van der Waals surface area contributed by atoms with E-state index in [4.69, 9.17) is 4.74 Å². The maximum atomic E-state index is 13.1. The van der Waals surface area contributed by atoms with Crippen molar-refractivity contribution < 1.29 is 9.53 Å². The zero-order valence-corrected chi connectivity index (χ0v) is 13.9. The first kappa shape index (κ1) is 16.6. The van der Waals surface area contributed by atoms with Gasteiger partial charge in [0.15, 0.2) is 0 Å². The molecule has 1 aliphatic heterocycles. The number of hydrogen-bond donors (Lipinski definition) is 0. The lowest BCUT2D eigenvalue weighted by atomic mass is 10.0. The highest BCUT2D eigenvalue weighted by molar-refractivity contribution is 5.80. The van der Waals surface area contributed by atoms with Crippen molar-refractivity contribution in [3.05, 3.63) is 42.2 Å². The van der Waals surface area contributed by atoms with Crippen LogP contribution in [0.1, 0.15) is 24.9 Å². The van der Waals surface area contributed by atoms with Gasteiger partial charge in [-0.2, -0.15) is 0 Å². The third-order valence-electron chi connectivity index (χ3n) is 4.44. The molecule has 0 spiro atoms. The Morgan fingerprint density at radius 1 is 1.42 bits per heavy atom. The van der Waals surface area contributed by atoms with E-state index in [-0.39, 0.29) is 5.91 Å². The molecular formula is C17H23N5O2. The first-order valence-corrected chi connectivity index (χ1v) is 8.41. The van der Waals surface area contributed by atoms with Crippen LogP contribution in [0.25, 0.3) is 0 Å². The van der Waals surface area contributed by atoms with Crippen LogP contribution in [0.15, 0.2) is 36.7 Å². The Kier molecular flexibility index (Phi) is 5.53. The molecule has 1 aromatic heterocycles. The molecule has 0 N–H and O–H groups in total. The minimum atomic E-state index is -0.426. The van der Waals surface area contributed by atoms with E-state index in [9.17, 15) is 4.79 Å². The molecule has 2 heterocycles. The van der Waals surface area contributed by atoms with E-state index in [1.165, 1.54) is 6.33 Å². The fourth-order valence-electron chi connectivity index (χ4n) is 3.07. The molecular weight excluding hydrogens is 306 g/mol. The van der Waals surface area contributed by atoms with Crippen LogP contribution in [0, 0.1) is 5.92 Å². The molecule has 7 nitrogen and oxygen atoms in total. The Labute approximate surface area is 141 Å². The summed E-state index contributed by atoms with van der Waals surface area (Å²) in [5.74, 6) is 0.473. The number of carbonyl (C=O) groups excluding carboxylic acids is 1. The van der Waals surface area contributed by atoms with E-state index in [1.807, 2.05) is 42.2 Å². The Morgan fingerprint density at radius 2 is 2.25 bits per heavy atom. The maximum Gasteiger partial charge on any atom is 0.247 e. The lowest BCUT2D eigenvalue weighted by molar-refractivity contribution is -0.135. The number of amides is 1. The van der Waals surface area contributed by atoms with Gasteiger partial charge in [-0.05, 0) is 29.3 Å². The molecule has 1 saturated heterocycles. The van der Waals surface area contributed by atoms with E-state index in [0.717, 1.165) is 31.7 Å². The summed E-state index contributed by atoms with van der Waals surface area (Å²) >= 11 is 0. The highest BCUT2D eigenvalue weighted by atomic mass is 16.5. The van der Waals surface area contributed by atoms with Gasteiger partial charge >= 0.3 is 0 Å². The van der Waals surface area contributed by atoms with Gasteiger partial charge in [0.1, 0.15) is 12.4 Å². The predicted molar refractivity (Wildman–Crippen MR) is 88.2 cm³/mol. The molecule has 1 amide bonds. The summed E-state index contributed by atoms with van der Waals surface area (Å²) in [6.45, 7) is 4.92. The average Bonchev–Trinajstić information content (AvgIpc) is 3.31. The molecule has 24 heavy (non-hydrogen) atoms. The van der Waals surface area contributed by atoms with Crippen LogP contribution in [-0.4, -0.2) is 57.3 Å². The smallest absolute Gasteiger partial charge is 0.247 e. The van der Waals surface area contributed by atoms with Crippen molar-refractivity contribution in [1.82, 2.24) is 25.1 Å². The highest BCUT2D eigenvalue weighted by Gasteiger charge is 2.29. The van der Waals surface area contributed by atoms with Gasteiger partial charge in [0.05, 0.1) is 6.61 Å². The fraction of sp³-hybridized carbons (Fsp3) is 0.529. The predicted octanol–water partition coefficient (Wildman–Crippen LogP) is 1.34. The van der Waals surface area contributed by atoms with Gasteiger partial charge in [-0.3, -0.25) is 4.79 Å². The third kappa shape index (κ3) is 3.97. The number of carbonyl (C=O) groups is 1. The molecule has 0 unspecified atom stereocenters. The van der Waals surface area contributed by atoms with E-state index in [2.05, 4.69) is 15.5 Å². The number of likely N-dealkylation sites (N-methyl/N-ethyl adjacent to an activating group) is 1. The van der Waals surface area contributed by atoms with Gasteiger partial charge < -0.3 is 9.64 Å². The summed E-state index contributed by atoms with van der Waals surface area (Å²) < 4.78 is 6.99. The number of aromatic nitrogens is 4. The van der Waals surface area contributed by atoms with Gasteiger partial charge in [-0.1, -0.05) is 30.3 Å². The van der Waals surface area contributed by atoms with Crippen LogP contribution < -0.4 is 0 Å². The molecule has 3 rings (SSSR count). The van der Waals surface area contributed by atoms with Gasteiger partial charge in [0, 0.05) is 32.0 Å². The van der Waals surface area contributed by atoms with E-state index in [1.54, 1.807) is 4.68 Å². The third-order valence-corrected chi connectivity index (χ3v) is 4.44. The van der Waals surface area contributed by atoms with E-state index >= 15 is 0 Å². The van der Waals surface area contributed by atoms with Crippen molar-refractivity contribution in [3.8, 4) is 0 Å². The first-order valence-electron chi connectivity index (χ1n) is 8.41. The number of rotatable bonds is 7. The van der Waals surface area contributed by atoms with Crippen molar-refractivity contribution in [2.75, 3.05) is 26.3 Å². The number of tetrazole rings is 1. The van der Waals surface area contributed by atoms with Gasteiger partial charge in [-0.25, -0.2) is 4.68 Å². The molecule has 128 valence electrons. The zero-order chi connectivity index (χ0) is 16.8. The largest absolute Gasteiger partial charge is 0.381 e. The summed E-state index contributed by atoms with van der Waals surface area (Å²) in [6, 6.07) is 9.53. The van der Waals surface area contributed by atoms with Crippen LogP contribution in [0.3, 0.4) is 0 Å². The number of hydrogen-bond acceptors (Lipinski definition) is 5. The van der Waals surface area contributed by atoms with Gasteiger partial charge in [0.25, 0.3) is 0 Å². The summed E-state index contributed by atoms with van der Waals surface area (Å²) in [6.07, 6.45) is 3.10. The van der Waals surface area contributed by atoms with Crippen LogP contribution in [0.4, 0.5) is 0 Å². The average molecular weight is 329 g/mol. The Morgan fingerprint density at radius 3 is 2.88 bits per heavy atom. The standard InChI is InChI=1S/C17H23N5O2/c1-2-21(11-15-8-9-24-12-15)17(23)16(22-13-18-19-20-22)10-14-6-4-3-5-7-14/h3-7,13,15-16H,2,8-12H2,1H3/t15-,16-/m1/s1. The molecule has 0 saturated carbocycles. The van der Waals surface area contributed by atoms with Gasteiger partial charge in [-0.15, -0.1) is 5.10 Å². The minimum absolute atomic E-state index is 0.0561. The van der Waals surface area contributed by atoms with Crippen LogP contribution in [0.5, 0.6) is 0 Å². The van der Waals surface area contributed by atoms with Crippen LogP contribution in [-0.2, 0) is 16.0 Å². The van der Waals surface area contributed by atoms with Crippen molar-refractivity contribution in [2.45, 2.75) is 25.8 Å². The lowest BCUT2D eigenvalue weighted by Gasteiger charge is -2.28. The molecule has 2 atom stereocenters. The Balaban J connectivity index is 1.76. The number of ether oxygens (including phenoxy) is 1. The topological polar surface area (TPSA) is 73.1 Å². The Bertz CT molecular complexity index is 626.